The van der Waals surface area contributed by atoms with Crippen molar-refractivity contribution in [1.29, 1.82) is 0 Å². The molecule has 0 radical (unpaired) electrons. The molecule has 9 nitrogen and oxygen atoms in total. The van der Waals surface area contributed by atoms with E-state index in [1.165, 1.54) is 10.9 Å². The summed E-state index contributed by atoms with van der Waals surface area (Å²) in [6, 6.07) is 5.25. The van der Waals surface area contributed by atoms with Crippen LogP contribution in [-0.4, -0.2) is 43.7 Å². The Morgan fingerprint density at radius 3 is 2.58 bits per heavy atom. The van der Waals surface area contributed by atoms with Gasteiger partial charge in [-0.3, -0.25) is 19.0 Å². The molecule has 0 aliphatic heterocycles. The SMILES string of the molecule is O=C(O)C[C@H](NC(=O)CCn1cnc2ccccc2c1=O)C(=O)O. The van der Waals surface area contributed by atoms with E-state index in [4.69, 9.17) is 10.2 Å². The Hall–Kier alpha value is -3.23. The first-order chi connectivity index (χ1) is 11.4. The first-order valence-electron chi connectivity index (χ1n) is 7.06. The summed E-state index contributed by atoms with van der Waals surface area (Å²) in [5, 5.41) is 20.0. The molecule has 1 heterocycles. The monoisotopic (exact) mass is 333 g/mol. The van der Waals surface area contributed by atoms with Gasteiger partial charge in [-0.05, 0) is 12.1 Å². The molecule has 9 heteroatoms. The predicted molar refractivity (Wildman–Crippen MR) is 82.4 cm³/mol. The first kappa shape index (κ1) is 17.1. The van der Waals surface area contributed by atoms with Gasteiger partial charge in [0.05, 0.1) is 23.7 Å². The molecule has 0 bridgehead atoms. The molecule has 0 aliphatic rings. The van der Waals surface area contributed by atoms with Gasteiger partial charge in [-0.1, -0.05) is 12.1 Å². The number of carbonyl (C=O) groups excluding carboxylic acids is 1. The van der Waals surface area contributed by atoms with E-state index in [-0.39, 0.29) is 18.5 Å². The van der Waals surface area contributed by atoms with Crippen LogP contribution >= 0.6 is 0 Å². The minimum absolute atomic E-state index is 0.00190. The molecule has 0 saturated heterocycles. The normalized spacial score (nSPS) is 11.8. The van der Waals surface area contributed by atoms with E-state index in [9.17, 15) is 19.2 Å². The Bertz CT molecular complexity index is 844. The molecule has 0 spiro atoms. The Morgan fingerprint density at radius 2 is 1.92 bits per heavy atom. The van der Waals surface area contributed by atoms with E-state index in [0.717, 1.165) is 0 Å². The van der Waals surface area contributed by atoms with Crippen LogP contribution in [-0.2, 0) is 20.9 Å². The van der Waals surface area contributed by atoms with Gasteiger partial charge in [0.2, 0.25) is 5.91 Å². The second-order valence-corrected chi connectivity index (χ2v) is 5.07. The van der Waals surface area contributed by atoms with Crippen molar-refractivity contribution in [2.45, 2.75) is 25.4 Å². The number of benzene rings is 1. The molecule has 1 aromatic heterocycles. The lowest BCUT2D eigenvalue weighted by atomic mass is 10.2. The first-order valence-corrected chi connectivity index (χ1v) is 7.06. The number of aliphatic carboxylic acids is 2. The van der Waals surface area contributed by atoms with Crippen molar-refractivity contribution in [2.75, 3.05) is 0 Å². The predicted octanol–water partition coefficient (Wildman–Crippen LogP) is -0.169. The van der Waals surface area contributed by atoms with Crippen molar-refractivity contribution in [3.63, 3.8) is 0 Å². The van der Waals surface area contributed by atoms with Crippen molar-refractivity contribution in [1.82, 2.24) is 14.9 Å². The van der Waals surface area contributed by atoms with Gasteiger partial charge in [0.1, 0.15) is 6.04 Å². The zero-order chi connectivity index (χ0) is 17.7. The molecular formula is C15H15N3O6. The fraction of sp³-hybridized carbons (Fsp3) is 0.267. The van der Waals surface area contributed by atoms with Crippen LogP contribution < -0.4 is 10.9 Å². The standard InChI is InChI=1S/C15H15N3O6/c19-12(17-11(15(23)24)7-13(20)21)5-6-18-8-16-10-4-2-1-3-9(10)14(18)22/h1-4,8,11H,5-7H2,(H,17,19)(H,20,21)(H,23,24)/t11-/m0/s1. The third-order valence-electron chi connectivity index (χ3n) is 3.32. The van der Waals surface area contributed by atoms with E-state index < -0.39 is 30.3 Å². The lowest BCUT2D eigenvalue weighted by Gasteiger charge is -2.12. The average Bonchev–Trinajstić information content (AvgIpc) is 2.53. The zero-order valence-corrected chi connectivity index (χ0v) is 12.5. The number of fused-ring (bicyclic) bond motifs is 1. The highest BCUT2D eigenvalue weighted by Crippen LogP contribution is 2.05. The van der Waals surface area contributed by atoms with E-state index in [1.807, 2.05) is 0 Å². The highest BCUT2D eigenvalue weighted by molar-refractivity contribution is 5.86. The number of aromatic nitrogens is 2. The Kier molecular flexibility index (Phi) is 5.25. The second kappa shape index (κ2) is 7.36. The Balaban J connectivity index is 2.04. The average molecular weight is 333 g/mol. The maximum atomic E-state index is 12.2. The number of rotatable bonds is 7. The largest absolute Gasteiger partial charge is 0.481 e. The summed E-state index contributed by atoms with van der Waals surface area (Å²) < 4.78 is 1.24. The van der Waals surface area contributed by atoms with E-state index in [0.29, 0.717) is 10.9 Å². The highest BCUT2D eigenvalue weighted by Gasteiger charge is 2.22. The summed E-state index contributed by atoms with van der Waals surface area (Å²) in [5.41, 5.74) is 0.226. The van der Waals surface area contributed by atoms with Crippen LogP contribution in [0.1, 0.15) is 12.8 Å². The summed E-state index contributed by atoms with van der Waals surface area (Å²) >= 11 is 0. The molecule has 1 atom stereocenters. The van der Waals surface area contributed by atoms with Gasteiger partial charge in [-0.25, -0.2) is 9.78 Å². The molecule has 0 saturated carbocycles. The lowest BCUT2D eigenvalue weighted by Crippen LogP contribution is -2.42. The number of nitrogens with zero attached hydrogens (tertiary/aromatic N) is 2. The number of hydrogen-bond acceptors (Lipinski definition) is 5. The van der Waals surface area contributed by atoms with Gasteiger partial charge in [0.15, 0.2) is 0 Å². The number of carbonyl (C=O) groups is 3. The Morgan fingerprint density at radius 1 is 1.21 bits per heavy atom. The molecule has 0 aliphatic carbocycles. The summed E-state index contributed by atoms with van der Waals surface area (Å²) in [4.78, 5) is 49.6. The molecule has 2 aromatic rings. The third kappa shape index (κ3) is 4.15. The minimum atomic E-state index is -1.51. The number of para-hydroxylation sites is 1. The van der Waals surface area contributed by atoms with Crippen LogP contribution in [0.2, 0.25) is 0 Å². The van der Waals surface area contributed by atoms with Crippen LogP contribution in [0.15, 0.2) is 35.4 Å². The Labute approximate surface area is 135 Å². The summed E-state index contributed by atoms with van der Waals surface area (Å²) in [5.74, 6) is -3.43. The molecule has 3 N–H and O–H groups in total. The van der Waals surface area contributed by atoms with Gasteiger partial charge in [-0.15, -0.1) is 0 Å². The van der Waals surface area contributed by atoms with Crippen molar-refractivity contribution in [3.05, 3.63) is 40.9 Å². The van der Waals surface area contributed by atoms with Crippen molar-refractivity contribution in [2.24, 2.45) is 0 Å². The van der Waals surface area contributed by atoms with E-state index >= 15 is 0 Å². The van der Waals surface area contributed by atoms with Crippen LogP contribution in [0.25, 0.3) is 10.9 Å². The van der Waals surface area contributed by atoms with Crippen molar-refractivity contribution in [3.8, 4) is 0 Å². The van der Waals surface area contributed by atoms with Crippen molar-refractivity contribution < 1.29 is 24.6 Å². The third-order valence-corrected chi connectivity index (χ3v) is 3.32. The smallest absolute Gasteiger partial charge is 0.326 e. The number of amides is 1. The quantitative estimate of drug-likeness (QED) is 0.639. The number of hydrogen-bond donors (Lipinski definition) is 3. The summed E-state index contributed by atoms with van der Waals surface area (Å²) in [6.07, 6.45) is 0.408. The van der Waals surface area contributed by atoms with Crippen LogP contribution in [0.3, 0.4) is 0 Å². The summed E-state index contributed by atoms with van der Waals surface area (Å²) in [6.45, 7) is 0.00190. The number of carboxylic acids is 2. The second-order valence-electron chi connectivity index (χ2n) is 5.07. The fourth-order valence-electron chi connectivity index (χ4n) is 2.13. The van der Waals surface area contributed by atoms with Crippen LogP contribution in [0.4, 0.5) is 0 Å². The number of carboxylic acid groups (broad SMARTS) is 2. The molecule has 0 fully saturated rings. The van der Waals surface area contributed by atoms with E-state index in [2.05, 4.69) is 10.3 Å². The van der Waals surface area contributed by atoms with Crippen LogP contribution in [0, 0.1) is 0 Å². The molecule has 0 unspecified atom stereocenters. The van der Waals surface area contributed by atoms with Crippen LogP contribution in [0.5, 0.6) is 0 Å². The maximum Gasteiger partial charge on any atom is 0.326 e. The number of nitrogens with one attached hydrogen (secondary N) is 1. The van der Waals surface area contributed by atoms with Gasteiger partial charge in [-0.2, -0.15) is 0 Å². The van der Waals surface area contributed by atoms with Gasteiger partial charge in [0, 0.05) is 13.0 Å². The van der Waals surface area contributed by atoms with E-state index in [1.54, 1.807) is 24.3 Å². The molecular weight excluding hydrogens is 318 g/mol. The number of aryl methyl sites for hydroxylation is 1. The van der Waals surface area contributed by atoms with Gasteiger partial charge >= 0.3 is 11.9 Å². The topological polar surface area (TPSA) is 139 Å². The molecule has 1 aromatic carbocycles. The van der Waals surface area contributed by atoms with Gasteiger partial charge in [0.25, 0.3) is 5.56 Å². The van der Waals surface area contributed by atoms with Gasteiger partial charge < -0.3 is 15.5 Å². The highest BCUT2D eigenvalue weighted by atomic mass is 16.4. The maximum absolute atomic E-state index is 12.2. The molecule has 2 rings (SSSR count). The summed E-state index contributed by atoms with van der Waals surface area (Å²) in [7, 11) is 0. The molecule has 126 valence electrons. The molecule has 24 heavy (non-hydrogen) atoms. The lowest BCUT2D eigenvalue weighted by molar-refractivity contribution is -0.147. The fourth-order valence-corrected chi connectivity index (χ4v) is 2.13. The molecule has 1 amide bonds. The van der Waals surface area contributed by atoms with Crippen molar-refractivity contribution >= 4 is 28.7 Å². The zero-order valence-electron chi connectivity index (χ0n) is 12.5. The minimum Gasteiger partial charge on any atom is -0.481 e.